The summed E-state index contributed by atoms with van der Waals surface area (Å²) in [7, 11) is 0. The molecule has 2 heteroatoms. The van der Waals surface area contributed by atoms with E-state index < -0.39 is 0 Å². The quantitative estimate of drug-likeness (QED) is 0.698. The first-order valence-corrected chi connectivity index (χ1v) is 4.55. The summed E-state index contributed by atoms with van der Waals surface area (Å²) in [4.78, 5) is 10.9. The van der Waals surface area contributed by atoms with Crippen molar-refractivity contribution in [1.82, 2.24) is 0 Å². The van der Waals surface area contributed by atoms with E-state index in [1.807, 2.05) is 6.92 Å². The molecule has 0 radical (unpaired) electrons. The van der Waals surface area contributed by atoms with Crippen molar-refractivity contribution in [2.24, 2.45) is 17.3 Å². The molecule has 1 aliphatic rings. The summed E-state index contributed by atoms with van der Waals surface area (Å²) in [6.45, 7) is 7.68. The second kappa shape index (κ2) is 2.84. The molecular formula is C10H18O2. The van der Waals surface area contributed by atoms with Crippen LogP contribution < -0.4 is 0 Å². The van der Waals surface area contributed by atoms with Crippen molar-refractivity contribution in [3.63, 3.8) is 0 Å². The molecule has 0 spiro atoms. The Kier molecular flexibility index (Phi) is 2.30. The van der Waals surface area contributed by atoms with Gasteiger partial charge in [0, 0.05) is 6.42 Å². The Morgan fingerprint density at radius 3 is 2.33 bits per heavy atom. The van der Waals surface area contributed by atoms with Crippen molar-refractivity contribution in [3.05, 3.63) is 0 Å². The first-order valence-electron chi connectivity index (χ1n) is 4.55. The molecule has 0 amide bonds. The van der Waals surface area contributed by atoms with Gasteiger partial charge >= 0.3 is 0 Å². The zero-order chi connectivity index (χ0) is 9.52. The summed E-state index contributed by atoms with van der Waals surface area (Å²) >= 11 is 0. The number of hydrogen-bond acceptors (Lipinski definition) is 2. The molecule has 1 fully saturated rings. The van der Waals surface area contributed by atoms with Crippen LogP contribution in [0.4, 0.5) is 0 Å². The molecule has 3 atom stereocenters. The lowest BCUT2D eigenvalue weighted by atomic mass is 10.1. The standard InChI is InChI=1S/C10H18O2/c1-6(11)5-8-9(7(2)12)10(8,3)4/h7-9,12H,5H2,1-4H3. The predicted molar refractivity (Wildman–Crippen MR) is 47.7 cm³/mol. The van der Waals surface area contributed by atoms with Crippen LogP contribution in [-0.2, 0) is 4.79 Å². The third-order valence-corrected chi connectivity index (χ3v) is 3.17. The van der Waals surface area contributed by atoms with Crippen molar-refractivity contribution >= 4 is 5.78 Å². The second-order valence-corrected chi connectivity index (χ2v) is 4.60. The minimum Gasteiger partial charge on any atom is -0.393 e. The number of rotatable bonds is 3. The molecule has 0 saturated heterocycles. The van der Waals surface area contributed by atoms with Crippen LogP contribution in [0, 0.1) is 17.3 Å². The Hall–Kier alpha value is -0.370. The van der Waals surface area contributed by atoms with E-state index >= 15 is 0 Å². The molecule has 0 aliphatic heterocycles. The molecular weight excluding hydrogens is 152 g/mol. The van der Waals surface area contributed by atoms with Gasteiger partial charge in [-0.15, -0.1) is 0 Å². The molecule has 70 valence electrons. The first kappa shape index (κ1) is 9.72. The molecule has 0 aromatic heterocycles. The van der Waals surface area contributed by atoms with E-state index in [2.05, 4.69) is 13.8 Å². The van der Waals surface area contributed by atoms with Crippen molar-refractivity contribution in [2.45, 2.75) is 40.2 Å². The van der Waals surface area contributed by atoms with Gasteiger partial charge in [0.2, 0.25) is 0 Å². The van der Waals surface area contributed by atoms with Crippen molar-refractivity contribution in [3.8, 4) is 0 Å². The summed E-state index contributed by atoms with van der Waals surface area (Å²) in [6, 6.07) is 0. The lowest BCUT2D eigenvalue weighted by Gasteiger charge is -2.03. The number of carbonyl (C=O) groups excluding carboxylic acids is 1. The average molecular weight is 170 g/mol. The van der Waals surface area contributed by atoms with Crippen LogP contribution in [0.15, 0.2) is 0 Å². The zero-order valence-corrected chi connectivity index (χ0v) is 8.29. The summed E-state index contributed by atoms with van der Waals surface area (Å²) in [5.74, 6) is 0.952. The monoisotopic (exact) mass is 170 g/mol. The normalized spacial score (nSPS) is 34.4. The Bertz CT molecular complexity index is 194. The lowest BCUT2D eigenvalue weighted by Crippen LogP contribution is -2.07. The highest BCUT2D eigenvalue weighted by molar-refractivity contribution is 5.76. The predicted octanol–water partition coefficient (Wildman–Crippen LogP) is 1.62. The van der Waals surface area contributed by atoms with Crippen LogP contribution in [-0.4, -0.2) is 17.0 Å². The van der Waals surface area contributed by atoms with Crippen LogP contribution in [0.3, 0.4) is 0 Å². The Morgan fingerprint density at radius 1 is 1.58 bits per heavy atom. The fourth-order valence-electron chi connectivity index (χ4n) is 2.44. The molecule has 2 nitrogen and oxygen atoms in total. The lowest BCUT2D eigenvalue weighted by molar-refractivity contribution is -0.117. The molecule has 0 heterocycles. The molecule has 3 unspecified atom stereocenters. The van der Waals surface area contributed by atoms with Gasteiger partial charge in [0.25, 0.3) is 0 Å². The SMILES string of the molecule is CC(=O)CC1C(C(C)O)C1(C)C. The highest BCUT2D eigenvalue weighted by atomic mass is 16.3. The third-order valence-electron chi connectivity index (χ3n) is 3.17. The van der Waals surface area contributed by atoms with Gasteiger partial charge in [-0.05, 0) is 31.1 Å². The minimum atomic E-state index is -0.274. The molecule has 1 saturated carbocycles. The first-order chi connectivity index (χ1) is 5.37. The van der Waals surface area contributed by atoms with Crippen molar-refractivity contribution in [1.29, 1.82) is 0 Å². The highest BCUT2D eigenvalue weighted by Gasteiger charge is 2.59. The van der Waals surface area contributed by atoms with E-state index in [4.69, 9.17) is 0 Å². The van der Waals surface area contributed by atoms with Gasteiger partial charge in [-0.2, -0.15) is 0 Å². The molecule has 1 rings (SSSR count). The Labute approximate surface area is 74.0 Å². The number of hydrogen-bond donors (Lipinski definition) is 1. The molecule has 0 aromatic carbocycles. The summed E-state index contributed by atoms with van der Waals surface area (Å²) < 4.78 is 0. The van der Waals surface area contributed by atoms with E-state index in [1.165, 1.54) is 0 Å². The highest BCUT2D eigenvalue weighted by Crippen LogP contribution is 2.61. The van der Waals surface area contributed by atoms with Gasteiger partial charge in [0.15, 0.2) is 0 Å². The maximum atomic E-state index is 10.9. The number of carbonyl (C=O) groups is 1. The smallest absolute Gasteiger partial charge is 0.130 e. The zero-order valence-electron chi connectivity index (χ0n) is 8.29. The largest absolute Gasteiger partial charge is 0.393 e. The van der Waals surface area contributed by atoms with E-state index in [1.54, 1.807) is 6.92 Å². The van der Waals surface area contributed by atoms with Gasteiger partial charge in [-0.25, -0.2) is 0 Å². The topological polar surface area (TPSA) is 37.3 Å². The average Bonchev–Trinajstić information content (AvgIpc) is 2.32. The van der Waals surface area contributed by atoms with Gasteiger partial charge < -0.3 is 9.90 Å². The van der Waals surface area contributed by atoms with Crippen molar-refractivity contribution in [2.75, 3.05) is 0 Å². The molecule has 0 bridgehead atoms. The van der Waals surface area contributed by atoms with E-state index in [-0.39, 0.29) is 17.3 Å². The fourth-order valence-corrected chi connectivity index (χ4v) is 2.44. The van der Waals surface area contributed by atoms with Crippen LogP contribution in [0.5, 0.6) is 0 Å². The van der Waals surface area contributed by atoms with Crippen LogP contribution in [0.25, 0.3) is 0 Å². The van der Waals surface area contributed by atoms with E-state index in [0.717, 1.165) is 0 Å². The van der Waals surface area contributed by atoms with Gasteiger partial charge in [0.1, 0.15) is 5.78 Å². The van der Waals surface area contributed by atoms with Crippen LogP contribution >= 0.6 is 0 Å². The van der Waals surface area contributed by atoms with Gasteiger partial charge in [0.05, 0.1) is 6.10 Å². The van der Waals surface area contributed by atoms with Crippen LogP contribution in [0.2, 0.25) is 0 Å². The fraction of sp³-hybridized carbons (Fsp3) is 0.900. The number of ketones is 1. The Morgan fingerprint density at radius 2 is 2.08 bits per heavy atom. The number of Topliss-reactive ketones (excluding diaryl/α,β-unsaturated/α-hetero) is 1. The molecule has 1 aliphatic carbocycles. The third kappa shape index (κ3) is 1.53. The Balaban J connectivity index is 2.54. The summed E-state index contributed by atoms with van der Waals surface area (Å²) in [5.41, 5.74) is 0.167. The number of aliphatic hydroxyl groups is 1. The van der Waals surface area contributed by atoms with Gasteiger partial charge in [-0.3, -0.25) is 0 Å². The van der Waals surface area contributed by atoms with Crippen LogP contribution in [0.1, 0.15) is 34.1 Å². The second-order valence-electron chi connectivity index (χ2n) is 4.60. The van der Waals surface area contributed by atoms with E-state index in [0.29, 0.717) is 18.3 Å². The maximum absolute atomic E-state index is 10.9. The van der Waals surface area contributed by atoms with Gasteiger partial charge in [-0.1, -0.05) is 13.8 Å². The molecule has 12 heavy (non-hydrogen) atoms. The summed E-state index contributed by atoms with van der Waals surface area (Å²) in [6.07, 6.45) is 0.354. The number of aliphatic hydroxyl groups excluding tert-OH is 1. The maximum Gasteiger partial charge on any atom is 0.130 e. The summed E-state index contributed by atoms with van der Waals surface area (Å²) in [5, 5.41) is 9.40. The molecule has 0 aromatic rings. The minimum absolute atomic E-state index is 0.167. The molecule has 1 N–H and O–H groups in total. The van der Waals surface area contributed by atoms with Crippen molar-refractivity contribution < 1.29 is 9.90 Å². The van der Waals surface area contributed by atoms with E-state index in [9.17, 15) is 9.90 Å².